The quantitative estimate of drug-likeness (QED) is 0.875. The van der Waals surface area contributed by atoms with Gasteiger partial charge in [0.1, 0.15) is 17.2 Å². The Balaban J connectivity index is 0.000000612. The molecule has 0 saturated heterocycles. The van der Waals surface area contributed by atoms with Gasteiger partial charge in [-0.05, 0) is 48.5 Å². The summed E-state index contributed by atoms with van der Waals surface area (Å²) in [6.07, 6.45) is 1.25. The molecule has 0 saturated carbocycles. The molecule has 2 aromatic rings. The monoisotopic (exact) mass is 274 g/mol. The predicted octanol–water partition coefficient (Wildman–Crippen LogP) is 4.30. The number of hydrogen-bond acceptors (Lipinski definition) is 3. The molecule has 0 aromatic heterocycles. The number of aromatic carboxylic acids is 1. The van der Waals surface area contributed by atoms with Gasteiger partial charge in [0.05, 0.1) is 5.56 Å². The van der Waals surface area contributed by atoms with Crippen LogP contribution in [0.4, 0.5) is 0 Å². The van der Waals surface area contributed by atoms with Gasteiger partial charge < -0.3 is 14.9 Å². The maximum absolute atomic E-state index is 10.6. The average Bonchev–Trinajstić information content (AvgIpc) is 2.43. The fraction of sp³-hybridized carbons (Fsp3) is 0.188. The van der Waals surface area contributed by atoms with E-state index < -0.39 is 5.97 Å². The molecule has 0 fully saturated rings. The Kier molecular flexibility index (Phi) is 6.10. The van der Waals surface area contributed by atoms with Crippen LogP contribution >= 0.6 is 0 Å². The maximum atomic E-state index is 10.6. The number of carbonyl (C=O) groups is 1. The molecular formula is C16H18O4. The Labute approximate surface area is 118 Å². The Bertz CT molecular complexity index is 529. The van der Waals surface area contributed by atoms with E-state index in [1.54, 1.807) is 24.3 Å². The van der Waals surface area contributed by atoms with Gasteiger partial charge in [-0.25, -0.2) is 4.79 Å². The standard InChI is InChI=1S/C13H10O4.C3H8/c14-10-3-7-12(8-4-10)17-11-5-1-9(2-6-11)13(15)16;1-3-2/h1-8,14H,(H,15,16);3H2,1-2H3. The smallest absolute Gasteiger partial charge is 0.335 e. The molecule has 0 amide bonds. The fourth-order valence-electron chi connectivity index (χ4n) is 1.32. The molecule has 0 heterocycles. The van der Waals surface area contributed by atoms with Crippen LogP contribution in [0.5, 0.6) is 17.2 Å². The van der Waals surface area contributed by atoms with Crippen molar-refractivity contribution < 1.29 is 19.7 Å². The summed E-state index contributed by atoms with van der Waals surface area (Å²) in [5.41, 5.74) is 0.211. The zero-order valence-electron chi connectivity index (χ0n) is 11.5. The molecule has 0 radical (unpaired) electrons. The lowest BCUT2D eigenvalue weighted by molar-refractivity contribution is 0.0697. The van der Waals surface area contributed by atoms with Crippen molar-refractivity contribution in [3.05, 3.63) is 54.1 Å². The van der Waals surface area contributed by atoms with Crippen LogP contribution in [0.15, 0.2) is 48.5 Å². The third-order valence-electron chi connectivity index (χ3n) is 2.17. The van der Waals surface area contributed by atoms with E-state index in [4.69, 9.17) is 14.9 Å². The van der Waals surface area contributed by atoms with E-state index in [2.05, 4.69) is 13.8 Å². The zero-order chi connectivity index (χ0) is 15.0. The van der Waals surface area contributed by atoms with E-state index in [0.29, 0.717) is 11.5 Å². The number of ether oxygens (including phenoxy) is 1. The van der Waals surface area contributed by atoms with Crippen LogP contribution in [0.25, 0.3) is 0 Å². The molecule has 4 nitrogen and oxygen atoms in total. The molecule has 0 aliphatic rings. The number of rotatable bonds is 3. The molecule has 0 spiro atoms. The topological polar surface area (TPSA) is 66.8 Å². The summed E-state index contributed by atoms with van der Waals surface area (Å²) in [5.74, 6) is 0.311. The average molecular weight is 274 g/mol. The first-order valence-electron chi connectivity index (χ1n) is 6.37. The molecule has 0 unspecified atom stereocenters. The summed E-state index contributed by atoms with van der Waals surface area (Å²) < 4.78 is 5.46. The Morgan fingerprint density at radius 1 is 0.950 bits per heavy atom. The Hall–Kier alpha value is -2.49. The van der Waals surface area contributed by atoms with Gasteiger partial charge in [-0.3, -0.25) is 0 Å². The van der Waals surface area contributed by atoms with E-state index in [-0.39, 0.29) is 11.3 Å². The number of phenolic OH excluding ortho intramolecular Hbond substituents is 1. The molecule has 2 rings (SSSR count). The van der Waals surface area contributed by atoms with Crippen LogP contribution in [0.2, 0.25) is 0 Å². The van der Waals surface area contributed by atoms with E-state index in [1.165, 1.54) is 30.7 Å². The number of benzene rings is 2. The lowest BCUT2D eigenvalue weighted by Crippen LogP contribution is -1.95. The number of aromatic hydroxyl groups is 1. The lowest BCUT2D eigenvalue weighted by atomic mass is 10.2. The zero-order valence-corrected chi connectivity index (χ0v) is 11.5. The van der Waals surface area contributed by atoms with Gasteiger partial charge in [-0.15, -0.1) is 0 Å². The van der Waals surface area contributed by atoms with Crippen molar-refractivity contribution in [3.8, 4) is 17.2 Å². The highest BCUT2D eigenvalue weighted by molar-refractivity contribution is 5.87. The maximum Gasteiger partial charge on any atom is 0.335 e. The van der Waals surface area contributed by atoms with E-state index in [0.717, 1.165) is 0 Å². The second-order valence-corrected chi connectivity index (χ2v) is 4.13. The van der Waals surface area contributed by atoms with Gasteiger partial charge in [0.2, 0.25) is 0 Å². The SMILES string of the molecule is CCC.O=C(O)c1ccc(Oc2ccc(O)cc2)cc1. The van der Waals surface area contributed by atoms with Crippen molar-refractivity contribution in [1.29, 1.82) is 0 Å². The highest BCUT2D eigenvalue weighted by Crippen LogP contribution is 2.23. The van der Waals surface area contributed by atoms with Crippen LogP contribution in [-0.2, 0) is 0 Å². The van der Waals surface area contributed by atoms with E-state index >= 15 is 0 Å². The van der Waals surface area contributed by atoms with Gasteiger partial charge in [0, 0.05) is 0 Å². The molecule has 4 heteroatoms. The van der Waals surface area contributed by atoms with Crippen LogP contribution < -0.4 is 4.74 Å². The molecular weight excluding hydrogens is 256 g/mol. The molecule has 106 valence electrons. The third kappa shape index (κ3) is 5.02. The fourth-order valence-corrected chi connectivity index (χ4v) is 1.32. The molecule has 0 bridgehead atoms. The summed E-state index contributed by atoms with van der Waals surface area (Å²) in [6.45, 7) is 4.25. The van der Waals surface area contributed by atoms with Crippen molar-refractivity contribution in [2.45, 2.75) is 20.3 Å². The van der Waals surface area contributed by atoms with Crippen molar-refractivity contribution in [3.63, 3.8) is 0 Å². The van der Waals surface area contributed by atoms with Gasteiger partial charge in [-0.1, -0.05) is 20.3 Å². The largest absolute Gasteiger partial charge is 0.508 e. The van der Waals surface area contributed by atoms with E-state index in [1.807, 2.05) is 0 Å². The summed E-state index contributed by atoms with van der Waals surface area (Å²) in [5, 5.41) is 17.8. The van der Waals surface area contributed by atoms with Crippen molar-refractivity contribution in [1.82, 2.24) is 0 Å². The first kappa shape index (κ1) is 15.6. The minimum absolute atomic E-state index is 0.165. The third-order valence-corrected chi connectivity index (χ3v) is 2.17. The minimum atomic E-state index is -0.971. The molecule has 20 heavy (non-hydrogen) atoms. The van der Waals surface area contributed by atoms with Crippen molar-refractivity contribution >= 4 is 5.97 Å². The number of carboxylic acid groups (broad SMARTS) is 1. The first-order chi connectivity index (χ1) is 9.56. The minimum Gasteiger partial charge on any atom is -0.508 e. The molecule has 0 aliphatic carbocycles. The second-order valence-electron chi connectivity index (χ2n) is 4.13. The van der Waals surface area contributed by atoms with Gasteiger partial charge in [-0.2, -0.15) is 0 Å². The number of carboxylic acids is 1. The van der Waals surface area contributed by atoms with Crippen LogP contribution in [0.1, 0.15) is 30.6 Å². The summed E-state index contributed by atoms with van der Waals surface area (Å²) >= 11 is 0. The summed E-state index contributed by atoms with van der Waals surface area (Å²) in [6, 6.07) is 12.4. The highest BCUT2D eigenvalue weighted by atomic mass is 16.5. The summed E-state index contributed by atoms with van der Waals surface area (Å²) in [7, 11) is 0. The molecule has 2 aromatic carbocycles. The van der Waals surface area contributed by atoms with Gasteiger partial charge in [0.15, 0.2) is 0 Å². The molecule has 0 atom stereocenters. The van der Waals surface area contributed by atoms with Crippen LogP contribution in [0.3, 0.4) is 0 Å². The first-order valence-corrected chi connectivity index (χ1v) is 6.37. The normalized spacial score (nSPS) is 9.30. The molecule has 2 N–H and O–H groups in total. The van der Waals surface area contributed by atoms with Gasteiger partial charge in [0.25, 0.3) is 0 Å². The highest BCUT2D eigenvalue weighted by Gasteiger charge is 2.02. The lowest BCUT2D eigenvalue weighted by Gasteiger charge is -2.05. The van der Waals surface area contributed by atoms with E-state index in [9.17, 15) is 4.79 Å². The Morgan fingerprint density at radius 3 is 1.75 bits per heavy atom. The summed E-state index contributed by atoms with van der Waals surface area (Å²) in [4.78, 5) is 10.6. The number of phenols is 1. The van der Waals surface area contributed by atoms with Crippen molar-refractivity contribution in [2.75, 3.05) is 0 Å². The van der Waals surface area contributed by atoms with Crippen molar-refractivity contribution in [2.24, 2.45) is 0 Å². The Morgan fingerprint density at radius 2 is 1.35 bits per heavy atom. The van der Waals surface area contributed by atoms with Gasteiger partial charge >= 0.3 is 5.97 Å². The second kappa shape index (κ2) is 7.84. The molecule has 0 aliphatic heterocycles. The van der Waals surface area contributed by atoms with Crippen LogP contribution in [0, 0.1) is 0 Å². The predicted molar refractivity (Wildman–Crippen MR) is 77.5 cm³/mol. The number of hydrogen-bond donors (Lipinski definition) is 2. The van der Waals surface area contributed by atoms with Crippen LogP contribution in [-0.4, -0.2) is 16.2 Å².